The molecule has 0 atom stereocenters. The largest absolute Gasteiger partial charge is 0.326 e. The number of benzene rings is 2. The average Bonchev–Trinajstić information content (AvgIpc) is 2.54. The molecule has 0 saturated carbocycles. The maximum absolute atomic E-state index is 13.5. The minimum atomic E-state index is -0.502. The van der Waals surface area contributed by atoms with Crippen LogP contribution in [0.2, 0.25) is 0 Å². The molecule has 1 amide bonds. The lowest BCUT2D eigenvalue weighted by atomic mass is 10.1. The van der Waals surface area contributed by atoms with Gasteiger partial charge in [-0.1, -0.05) is 19.1 Å². The van der Waals surface area contributed by atoms with E-state index in [0.717, 1.165) is 36.9 Å². The lowest BCUT2D eigenvalue weighted by Gasteiger charge is -2.08. The summed E-state index contributed by atoms with van der Waals surface area (Å²) in [5, 5.41) is 5.99. The molecule has 0 heterocycles. The zero-order valence-corrected chi connectivity index (χ0v) is 13.0. The van der Waals surface area contributed by atoms with E-state index in [1.165, 1.54) is 0 Å². The second-order valence-electron chi connectivity index (χ2n) is 5.26. The predicted octanol–water partition coefficient (Wildman–Crippen LogP) is 3.65. The quantitative estimate of drug-likeness (QED) is 0.818. The van der Waals surface area contributed by atoms with Gasteiger partial charge in [-0.25, -0.2) is 8.78 Å². The molecule has 0 aliphatic carbocycles. The number of hydrogen-bond acceptors (Lipinski definition) is 2. The molecule has 0 aromatic heterocycles. The van der Waals surface area contributed by atoms with Crippen molar-refractivity contribution in [3.05, 3.63) is 65.2 Å². The molecule has 2 aromatic rings. The Balaban J connectivity index is 1.90. The van der Waals surface area contributed by atoms with Gasteiger partial charge in [0, 0.05) is 18.7 Å². The number of anilines is 1. The zero-order chi connectivity index (χ0) is 16.7. The smallest absolute Gasteiger partial charge is 0.224 e. The van der Waals surface area contributed by atoms with Crippen LogP contribution in [0.1, 0.15) is 24.5 Å². The van der Waals surface area contributed by atoms with E-state index >= 15 is 0 Å². The van der Waals surface area contributed by atoms with Gasteiger partial charge in [0.1, 0.15) is 11.6 Å². The summed E-state index contributed by atoms with van der Waals surface area (Å²) in [6.45, 7) is 3.63. The Hall–Kier alpha value is -2.27. The highest BCUT2D eigenvalue weighted by Crippen LogP contribution is 2.14. The van der Waals surface area contributed by atoms with Crippen molar-refractivity contribution in [2.45, 2.75) is 26.3 Å². The van der Waals surface area contributed by atoms with E-state index in [0.29, 0.717) is 5.69 Å². The normalized spacial score (nSPS) is 10.6. The van der Waals surface area contributed by atoms with Crippen LogP contribution in [0.4, 0.5) is 14.5 Å². The van der Waals surface area contributed by atoms with E-state index in [1.54, 1.807) is 6.07 Å². The highest BCUT2D eigenvalue weighted by Gasteiger charge is 2.08. The molecule has 5 heteroatoms. The van der Waals surface area contributed by atoms with Crippen LogP contribution in [0.25, 0.3) is 0 Å². The Morgan fingerprint density at radius 1 is 1.13 bits per heavy atom. The number of carbonyl (C=O) groups excluding carboxylic acids is 1. The highest BCUT2D eigenvalue weighted by atomic mass is 19.1. The lowest BCUT2D eigenvalue weighted by molar-refractivity contribution is -0.116. The van der Waals surface area contributed by atoms with Crippen molar-refractivity contribution in [1.82, 2.24) is 5.32 Å². The topological polar surface area (TPSA) is 41.1 Å². The van der Waals surface area contributed by atoms with Gasteiger partial charge >= 0.3 is 0 Å². The summed E-state index contributed by atoms with van der Waals surface area (Å²) in [4.78, 5) is 12.0. The number of carbonyl (C=O) groups is 1. The lowest BCUT2D eigenvalue weighted by Crippen LogP contribution is -2.14. The fraction of sp³-hybridized carbons (Fsp3) is 0.278. The molecule has 2 N–H and O–H groups in total. The summed E-state index contributed by atoms with van der Waals surface area (Å²) in [7, 11) is 0. The van der Waals surface area contributed by atoms with Crippen molar-refractivity contribution in [3.8, 4) is 0 Å². The van der Waals surface area contributed by atoms with Gasteiger partial charge < -0.3 is 10.6 Å². The van der Waals surface area contributed by atoms with Crippen molar-refractivity contribution >= 4 is 11.6 Å². The molecule has 2 rings (SSSR count). The maximum atomic E-state index is 13.5. The van der Waals surface area contributed by atoms with Crippen molar-refractivity contribution < 1.29 is 13.6 Å². The standard InChI is InChI=1S/C18H20F2N2O/c1-2-21-12-13-4-3-5-16(10-13)22-18(23)9-6-14-11-15(19)7-8-17(14)20/h3-5,7-8,10-11,21H,2,6,9,12H2,1H3,(H,22,23). The first-order chi connectivity index (χ1) is 11.1. The van der Waals surface area contributed by atoms with Gasteiger partial charge in [0.15, 0.2) is 0 Å². The average molecular weight is 318 g/mol. The third-order valence-corrected chi connectivity index (χ3v) is 3.42. The first kappa shape index (κ1) is 17.1. The molecular weight excluding hydrogens is 298 g/mol. The van der Waals surface area contributed by atoms with Crippen LogP contribution in [0.15, 0.2) is 42.5 Å². The molecule has 0 aliphatic heterocycles. The second-order valence-corrected chi connectivity index (χ2v) is 5.26. The monoisotopic (exact) mass is 318 g/mol. The van der Waals surface area contributed by atoms with Crippen LogP contribution in [0.3, 0.4) is 0 Å². The minimum Gasteiger partial charge on any atom is -0.326 e. The molecule has 2 aromatic carbocycles. The number of rotatable bonds is 7. The highest BCUT2D eigenvalue weighted by molar-refractivity contribution is 5.90. The summed E-state index contributed by atoms with van der Waals surface area (Å²) in [6, 6.07) is 10.8. The summed E-state index contributed by atoms with van der Waals surface area (Å²) in [6.07, 6.45) is 0.254. The van der Waals surface area contributed by atoms with Crippen LogP contribution in [-0.4, -0.2) is 12.5 Å². The van der Waals surface area contributed by atoms with Gasteiger partial charge in [-0.3, -0.25) is 4.79 Å². The van der Waals surface area contributed by atoms with Crippen LogP contribution in [0.5, 0.6) is 0 Å². The minimum absolute atomic E-state index is 0.0951. The van der Waals surface area contributed by atoms with E-state index < -0.39 is 11.6 Å². The third kappa shape index (κ3) is 5.45. The number of hydrogen-bond donors (Lipinski definition) is 2. The molecule has 0 saturated heterocycles. The van der Waals surface area contributed by atoms with Gasteiger partial charge in [0.05, 0.1) is 0 Å². The Morgan fingerprint density at radius 2 is 1.96 bits per heavy atom. The van der Waals surface area contributed by atoms with Crippen molar-refractivity contribution in [3.63, 3.8) is 0 Å². The number of halogens is 2. The van der Waals surface area contributed by atoms with Crippen molar-refractivity contribution in [1.29, 1.82) is 0 Å². The van der Waals surface area contributed by atoms with Crippen LogP contribution < -0.4 is 10.6 Å². The Bertz CT molecular complexity index is 674. The fourth-order valence-electron chi connectivity index (χ4n) is 2.23. The summed E-state index contributed by atoms with van der Waals surface area (Å²) >= 11 is 0. The molecule has 0 radical (unpaired) electrons. The summed E-state index contributed by atoms with van der Waals surface area (Å²) in [5.74, 6) is -1.22. The SMILES string of the molecule is CCNCc1cccc(NC(=O)CCc2cc(F)ccc2F)c1. The van der Waals surface area contributed by atoms with Gasteiger partial charge in [-0.15, -0.1) is 0 Å². The number of amides is 1. The maximum Gasteiger partial charge on any atom is 0.224 e. The molecule has 0 spiro atoms. The summed E-state index contributed by atoms with van der Waals surface area (Å²) < 4.78 is 26.6. The Morgan fingerprint density at radius 3 is 2.74 bits per heavy atom. The second kappa shape index (κ2) is 8.39. The Labute approximate surface area is 134 Å². The molecule has 23 heavy (non-hydrogen) atoms. The molecule has 0 aliphatic rings. The third-order valence-electron chi connectivity index (χ3n) is 3.42. The molecule has 122 valence electrons. The van der Waals surface area contributed by atoms with Gasteiger partial charge in [0.25, 0.3) is 0 Å². The molecule has 3 nitrogen and oxygen atoms in total. The van der Waals surface area contributed by atoms with E-state index in [2.05, 4.69) is 10.6 Å². The van der Waals surface area contributed by atoms with E-state index in [4.69, 9.17) is 0 Å². The molecule has 0 bridgehead atoms. The van der Waals surface area contributed by atoms with E-state index in [-0.39, 0.29) is 24.3 Å². The van der Waals surface area contributed by atoms with E-state index in [9.17, 15) is 13.6 Å². The molecular formula is C18H20F2N2O. The number of aryl methyl sites for hydroxylation is 1. The van der Waals surface area contributed by atoms with Crippen LogP contribution >= 0.6 is 0 Å². The van der Waals surface area contributed by atoms with Gasteiger partial charge in [-0.05, 0) is 54.4 Å². The molecule has 0 unspecified atom stereocenters. The predicted molar refractivity (Wildman–Crippen MR) is 87.1 cm³/mol. The molecule has 0 fully saturated rings. The Kier molecular flexibility index (Phi) is 6.23. The van der Waals surface area contributed by atoms with Gasteiger partial charge in [0.2, 0.25) is 5.91 Å². The first-order valence-electron chi connectivity index (χ1n) is 7.62. The summed E-state index contributed by atoms with van der Waals surface area (Å²) in [5.41, 5.74) is 1.98. The van der Waals surface area contributed by atoms with Crippen LogP contribution in [0, 0.1) is 11.6 Å². The zero-order valence-electron chi connectivity index (χ0n) is 13.0. The van der Waals surface area contributed by atoms with E-state index in [1.807, 2.05) is 25.1 Å². The van der Waals surface area contributed by atoms with Crippen molar-refractivity contribution in [2.75, 3.05) is 11.9 Å². The van der Waals surface area contributed by atoms with Crippen LogP contribution in [-0.2, 0) is 17.8 Å². The van der Waals surface area contributed by atoms with Crippen molar-refractivity contribution in [2.24, 2.45) is 0 Å². The van der Waals surface area contributed by atoms with Gasteiger partial charge in [-0.2, -0.15) is 0 Å². The fourth-order valence-corrected chi connectivity index (χ4v) is 2.23. The first-order valence-corrected chi connectivity index (χ1v) is 7.62. The number of nitrogens with one attached hydrogen (secondary N) is 2.